The lowest BCUT2D eigenvalue weighted by Gasteiger charge is -2.17. The van der Waals surface area contributed by atoms with Crippen molar-refractivity contribution in [2.45, 2.75) is 26.5 Å². The Morgan fingerprint density at radius 2 is 2.00 bits per heavy atom. The second-order valence-electron chi connectivity index (χ2n) is 4.85. The molecule has 0 radical (unpaired) electrons. The zero-order valence-corrected chi connectivity index (χ0v) is 13.0. The van der Waals surface area contributed by atoms with Crippen molar-refractivity contribution >= 4 is 11.6 Å². The molecule has 0 aliphatic rings. The smallest absolute Gasteiger partial charge is 0.141 e. The maximum Gasteiger partial charge on any atom is 0.141 e. The molecule has 0 aliphatic carbocycles. The van der Waals surface area contributed by atoms with Gasteiger partial charge in [0.15, 0.2) is 0 Å². The summed E-state index contributed by atoms with van der Waals surface area (Å²) in [5, 5.41) is 3.48. The van der Waals surface area contributed by atoms with Gasteiger partial charge in [-0.15, -0.1) is 0 Å². The van der Waals surface area contributed by atoms with E-state index >= 15 is 0 Å². The molecule has 0 amide bonds. The van der Waals surface area contributed by atoms with E-state index in [4.69, 9.17) is 16.3 Å². The van der Waals surface area contributed by atoms with Gasteiger partial charge in [-0.2, -0.15) is 0 Å². The van der Waals surface area contributed by atoms with E-state index in [0.29, 0.717) is 6.61 Å². The fourth-order valence-electron chi connectivity index (χ4n) is 2.18. The molecule has 0 heterocycles. The molecular formula is C17H19ClFNO. The molecule has 0 fully saturated rings. The summed E-state index contributed by atoms with van der Waals surface area (Å²) in [6, 6.07) is 12.7. The molecule has 0 bridgehead atoms. The molecule has 1 unspecified atom stereocenters. The van der Waals surface area contributed by atoms with Gasteiger partial charge in [0.1, 0.15) is 18.2 Å². The van der Waals surface area contributed by atoms with Crippen molar-refractivity contribution in [1.29, 1.82) is 0 Å². The maximum atomic E-state index is 13.1. The summed E-state index contributed by atoms with van der Waals surface area (Å²) in [7, 11) is 0. The predicted molar refractivity (Wildman–Crippen MR) is 84.3 cm³/mol. The van der Waals surface area contributed by atoms with Crippen LogP contribution in [-0.2, 0) is 6.61 Å². The van der Waals surface area contributed by atoms with E-state index in [9.17, 15) is 4.39 Å². The second kappa shape index (κ2) is 7.43. The third kappa shape index (κ3) is 4.19. The summed E-state index contributed by atoms with van der Waals surface area (Å²) in [6.45, 7) is 5.42. The number of rotatable bonds is 6. The van der Waals surface area contributed by atoms with Crippen LogP contribution in [0.3, 0.4) is 0 Å². The number of benzene rings is 2. The predicted octanol–water partition coefficient (Wildman–Crippen LogP) is 4.73. The number of nitrogens with one attached hydrogen (secondary N) is 1. The monoisotopic (exact) mass is 307 g/mol. The molecule has 0 aromatic heterocycles. The molecule has 1 atom stereocenters. The zero-order valence-electron chi connectivity index (χ0n) is 12.2. The van der Waals surface area contributed by atoms with Crippen LogP contribution in [0.25, 0.3) is 0 Å². The summed E-state index contributed by atoms with van der Waals surface area (Å²) in [4.78, 5) is 0. The third-order valence-corrected chi connectivity index (χ3v) is 3.56. The van der Waals surface area contributed by atoms with Crippen LogP contribution in [0.15, 0.2) is 42.5 Å². The molecule has 0 spiro atoms. The third-order valence-electron chi connectivity index (χ3n) is 3.27. The Morgan fingerprint density at radius 3 is 2.71 bits per heavy atom. The largest absolute Gasteiger partial charge is 0.489 e. The van der Waals surface area contributed by atoms with E-state index in [1.165, 1.54) is 6.07 Å². The number of halogens is 2. The maximum absolute atomic E-state index is 13.1. The van der Waals surface area contributed by atoms with E-state index in [-0.39, 0.29) is 11.1 Å². The first-order chi connectivity index (χ1) is 10.1. The van der Waals surface area contributed by atoms with Gasteiger partial charge in [0.2, 0.25) is 0 Å². The Kier molecular flexibility index (Phi) is 5.59. The molecule has 2 rings (SSSR count). The fraction of sp³-hybridized carbons (Fsp3) is 0.294. The lowest BCUT2D eigenvalue weighted by atomic mass is 10.1. The average molecular weight is 308 g/mol. The molecule has 0 aliphatic heterocycles. The number of hydrogen-bond donors (Lipinski definition) is 1. The zero-order chi connectivity index (χ0) is 15.2. The Morgan fingerprint density at radius 1 is 1.24 bits per heavy atom. The summed E-state index contributed by atoms with van der Waals surface area (Å²) in [5.74, 6) is 0.410. The molecule has 2 aromatic rings. The van der Waals surface area contributed by atoms with Gasteiger partial charge in [-0.1, -0.05) is 42.8 Å². The van der Waals surface area contributed by atoms with E-state index in [1.54, 1.807) is 12.1 Å². The van der Waals surface area contributed by atoms with E-state index in [0.717, 1.165) is 23.4 Å². The van der Waals surface area contributed by atoms with E-state index in [1.807, 2.05) is 24.3 Å². The minimum absolute atomic E-state index is 0.116. The molecule has 0 saturated heterocycles. The minimum Gasteiger partial charge on any atom is -0.489 e. The quantitative estimate of drug-likeness (QED) is 0.833. The van der Waals surface area contributed by atoms with Crippen LogP contribution in [0.5, 0.6) is 5.75 Å². The van der Waals surface area contributed by atoms with Gasteiger partial charge in [0.05, 0.1) is 5.02 Å². The van der Waals surface area contributed by atoms with Crippen LogP contribution in [0, 0.1) is 5.82 Å². The molecule has 2 nitrogen and oxygen atoms in total. The van der Waals surface area contributed by atoms with Gasteiger partial charge < -0.3 is 10.1 Å². The standard InChI is InChI=1S/C17H19ClFNO/c1-3-20-12(2)14-6-4-5-7-17(14)21-11-13-8-9-16(19)15(18)10-13/h4-10,12,20H,3,11H2,1-2H3. The Bertz CT molecular complexity index is 603. The first-order valence-corrected chi connectivity index (χ1v) is 7.38. The Balaban J connectivity index is 2.10. The van der Waals surface area contributed by atoms with Crippen LogP contribution < -0.4 is 10.1 Å². The first kappa shape index (κ1) is 15.8. The molecule has 4 heteroatoms. The topological polar surface area (TPSA) is 21.3 Å². The highest BCUT2D eigenvalue weighted by Crippen LogP contribution is 2.26. The highest BCUT2D eigenvalue weighted by Gasteiger charge is 2.10. The molecule has 112 valence electrons. The second-order valence-corrected chi connectivity index (χ2v) is 5.26. The Labute approximate surface area is 129 Å². The molecular weight excluding hydrogens is 289 g/mol. The van der Waals surface area contributed by atoms with Crippen molar-refractivity contribution < 1.29 is 9.13 Å². The van der Waals surface area contributed by atoms with Crippen LogP contribution in [0.2, 0.25) is 5.02 Å². The summed E-state index contributed by atoms with van der Waals surface area (Å²) < 4.78 is 19.0. The lowest BCUT2D eigenvalue weighted by Crippen LogP contribution is -2.18. The van der Waals surface area contributed by atoms with Crippen LogP contribution in [0.4, 0.5) is 4.39 Å². The van der Waals surface area contributed by atoms with Gasteiger partial charge in [-0.05, 0) is 37.2 Å². The summed E-state index contributed by atoms with van der Waals surface area (Å²) in [5.41, 5.74) is 1.94. The van der Waals surface area contributed by atoms with Crippen molar-refractivity contribution in [3.05, 3.63) is 64.4 Å². The van der Waals surface area contributed by atoms with Crippen LogP contribution in [0.1, 0.15) is 31.0 Å². The van der Waals surface area contributed by atoms with E-state index in [2.05, 4.69) is 19.2 Å². The van der Waals surface area contributed by atoms with Gasteiger partial charge in [-0.3, -0.25) is 0 Å². The number of para-hydroxylation sites is 1. The Hall–Kier alpha value is -1.58. The highest BCUT2D eigenvalue weighted by atomic mass is 35.5. The van der Waals surface area contributed by atoms with Gasteiger partial charge in [-0.25, -0.2) is 4.39 Å². The molecule has 0 saturated carbocycles. The lowest BCUT2D eigenvalue weighted by molar-refractivity contribution is 0.299. The van der Waals surface area contributed by atoms with Crippen LogP contribution in [-0.4, -0.2) is 6.54 Å². The first-order valence-electron chi connectivity index (χ1n) is 7.01. The molecule has 21 heavy (non-hydrogen) atoms. The van der Waals surface area contributed by atoms with Crippen molar-refractivity contribution in [1.82, 2.24) is 5.32 Å². The minimum atomic E-state index is -0.415. The SMILES string of the molecule is CCNC(C)c1ccccc1OCc1ccc(F)c(Cl)c1. The van der Waals surface area contributed by atoms with Crippen molar-refractivity contribution in [3.63, 3.8) is 0 Å². The van der Waals surface area contributed by atoms with Crippen molar-refractivity contribution in [3.8, 4) is 5.75 Å². The van der Waals surface area contributed by atoms with Crippen molar-refractivity contribution in [2.75, 3.05) is 6.54 Å². The molecule has 1 N–H and O–H groups in total. The van der Waals surface area contributed by atoms with Gasteiger partial charge in [0.25, 0.3) is 0 Å². The van der Waals surface area contributed by atoms with E-state index < -0.39 is 5.82 Å². The number of ether oxygens (including phenoxy) is 1. The molecule has 2 aromatic carbocycles. The van der Waals surface area contributed by atoms with Crippen molar-refractivity contribution in [2.24, 2.45) is 0 Å². The number of hydrogen-bond acceptors (Lipinski definition) is 2. The van der Waals surface area contributed by atoms with Gasteiger partial charge in [0, 0.05) is 11.6 Å². The fourth-order valence-corrected chi connectivity index (χ4v) is 2.38. The summed E-state index contributed by atoms with van der Waals surface area (Å²) in [6.07, 6.45) is 0. The normalized spacial score (nSPS) is 12.2. The van der Waals surface area contributed by atoms with Crippen LogP contribution >= 0.6 is 11.6 Å². The highest BCUT2D eigenvalue weighted by molar-refractivity contribution is 6.30. The summed E-state index contributed by atoms with van der Waals surface area (Å²) >= 11 is 5.78. The average Bonchev–Trinajstić information content (AvgIpc) is 2.49. The van der Waals surface area contributed by atoms with Gasteiger partial charge >= 0.3 is 0 Å².